The third kappa shape index (κ3) is 6.05. The van der Waals surface area contributed by atoms with Crippen LogP contribution in [0.1, 0.15) is 25.6 Å². The van der Waals surface area contributed by atoms with Crippen LogP contribution < -0.4 is 10.1 Å². The molecule has 0 saturated carbocycles. The van der Waals surface area contributed by atoms with Crippen LogP contribution in [0.15, 0.2) is 28.6 Å². The number of hydrogen-bond acceptors (Lipinski definition) is 9. The van der Waals surface area contributed by atoms with E-state index in [0.717, 1.165) is 29.6 Å². The SMILES string of the molecule is CCCCn1nnnc1CSc1nnc(Nc2ccc(OC(F)(F)F)cc2)s1. The van der Waals surface area contributed by atoms with Crippen molar-refractivity contribution in [3.63, 3.8) is 0 Å². The number of ether oxygens (including phenoxy) is 1. The number of alkyl halides is 3. The van der Waals surface area contributed by atoms with E-state index in [2.05, 4.69) is 42.7 Å². The number of rotatable bonds is 9. The lowest BCUT2D eigenvalue weighted by Gasteiger charge is -2.09. The predicted molar refractivity (Wildman–Crippen MR) is 98.6 cm³/mol. The molecule has 0 atom stereocenters. The number of anilines is 2. The van der Waals surface area contributed by atoms with Crippen molar-refractivity contribution in [1.82, 2.24) is 30.4 Å². The lowest BCUT2D eigenvalue weighted by molar-refractivity contribution is -0.274. The van der Waals surface area contributed by atoms with E-state index in [4.69, 9.17) is 0 Å². The highest BCUT2D eigenvalue weighted by Crippen LogP contribution is 2.30. The number of aryl methyl sites for hydroxylation is 1. The van der Waals surface area contributed by atoms with Crippen LogP contribution in [-0.2, 0) is 12.3 Å². The molecule has 1 N–H and O–H groups in total. The Balaban J connectivity index is 1.54. The average molecular weight is 431 g/mol. The molecular formula is C15H16F3N7OS2. The van der Waals surface area contributed by atoms with Gasteiger partial charge in [-0.3, -0.25) is 0 Å². The van der Waals surface area contributed by atoms with Gasteiger partial charge in [0.25, 0.3) is 0 Å². The van der Waals surface area contributed by atoms with Crippen molar-refractivity contribution in [1.29, 1.82) is 0 Å². The van der Waals surface area contributed by atoms with Gasteiger partial charge in [-0.1, -0.05) is 36.4 Å². The number of hydrogen-bond donors (Lipinski definition) is 1. The highest BCUT2D eigenvalue weighted by atomic mass is 32.2. The molecule has 3 aromatic rings. The smallest absolute Gasteiger partial charge is 0.406 e. The number of halogens is 3. The van der Waals surface area contributed by atoms with E-state index in [0.29, 0.717) is 16.6 Å². The van der Waals surface area contributed by atoms with E-state index >= 15 is 0 Å². The standard InChI is InChI=1S/C15H16F3N7OS2/c1-2-3-8-25-12(20-23-24-25)9-27-14-22-21-13(28-14)19-10-4-6-11(7-5-10)26-15(16,17)18/h4-7H,2-3,8-9H2,1H3,(H,19,21). The van der Waals surface area contributed by atoms with E-state index in [1.807, 2.05) is 0 Å². The molecular weight excluding hydrogens is 415 g/mol. The number of nitrogens with one attached hydrogen (secondary N) is 1. The Hall–Kier alpha value is -2.41. The Kier molecular flexibility index (Phi) is 6.67. The normalized spacial score (nSPS) is 11.6. The fraction of sp³-hybridized carbons (Fsp3) is 0.400. The molecule has 13 heteroatoms. The molecule has 28 heavy (non-hydrogen) atoms. The first-order valence-corrected chi connectivity index (χ1v) is 10.1. The Morgan fingerprint density at radius 2 is 1.96 bits per heavy atom. The van der Waals surface area contributed by atoms with Gasteiger partial charge in [-0.15, -0.1) is 28.5 Å². The third-order valence-electron chi connectivity index (χ3n) is 3.40. The molecule has 0 aliphatic carbocycles. The number of nitrogens with zero attached hydrogens (tertiary/aromatic N) is 6. The maximum atomic E-state index is 12.2. The van der Waals surface area contributed by atoms with Gasteiger partial charge in [-0.05, 0) is 41.1 Å². The summed E-state index contributed by atoms with van der Waals surface area (Å²) in [5.74, 6) is 1.05. The summed E-state index contributed by atoms with van der Waals surface area (Å²) in [4.78, 5) is 0. The number of unbranched alkanes of at least 4 members (excludes halogenated alkanes) is 1. The van der Waals surface area contributed by atoms with Gasteiger partial charge in [0.2, 0.25) is 5.13 Å². The fourth-order valence-corrected chi connectivity index (χ4v) is 3.82. The van der Waals surface area contributed by atoms with E-state index in [-0.39, 0.29) is 5.75 Å². The molecule has 0 radical (unpaired) electrons. The first-order chi connectivity index (χ1) is 13.4. The minimum absolute atomic E-state index is 0.285. The van der Waals surface area contributed by atoms with E-state index in [9.17, 15) is 13.2 Å². The second-order valence-corrected chi connectivity index (χ2v) is 7.73. The molecule has 0 unspecified atom stereocenters. The summed E-state index contributed by atoms with van der Waals surface area (Å²) in [6.45, 7) is 2.88. The molecule has 1 aromatic carbocycles. The summed E-state index contributed by atoms with van der Waals surface area (Å²) in [5, 5.41) is 23.3. The molecule has 0 spiro atoms. The third-order valence-corrected chi connectivity index (χ3v) is 5.37. The highest BCUT2D eigenvalue weighted by molar-refractivity contribution is 8.00. The van der Waals surface area contributed by atoms with E-state index < -0.39 is 6.36 Å². The maximum Gasteiger partial charge on any atom is 0.573 e. The van der Waals surface area contributed by atoms with Gasteiger partial charge in [-0.25, -0.2) is 4.68 Å². The van der Waals surface area contributed by atoms with Gasteiger partial charge in [-0.2, -0.15) is 0 Å². The second kappa shape index (κ2) is 9.19. The predicted octanol–water partition coefficient (Wildman–Crippen LogP) is 4.26. The van der Waals surface area contributed by atoms with Crippen molar-refractivity contribution < 1.29 is 17.9 Å². The lowest BCUT2D eigenvalue weighted by atomic mass is 10.3. The minimum Gasteiger partial charge on any atom is -0.406 e. The second-order valence-electron chi connectivity index (χ2n) is 5.53. The van der Waals surface area contributed by atoms with E-state index in [1.165, 1.54) is 47.4 Å². The largest absolute Gasteiger partial charge is 0.573 e. The quantitative estimate of drug-likeness (QED) is 0.503. The van der Waals surface area contributed by atoms with Crippen LogP contribution in [0.2, 0.25) is 0 Å². The number of aromatic nitrogens is 6. The highest BCUT2D eigenvalue weighted by Gasteiger charge is 2.30. The molecule has 0 aliphatic heterocycles. The van der Waals surface area contributed by atoms with Crippen LogP contribution in [0, 0.1) is 0 Å². The zero-order chi connectivity index (χ0) is 20.0. The van der Waals surface area contributed by atoms with E-state index in [1.54, 1.807) is 4.68 Å². The van der Waals surface area contributed by atoms with Crippen molar-refractivity contribution >= 4 is 33.9 Å². The summed E-state index contributed by atoms with van der Waals surface area (Å²) in [6, 6.07) is 5.39. The van der Waals surface area contributed by atoms with Gasteiger partial charge in [0.05, 0.1) is 5.75 Å². The lowest BCUT2D eigenvalue weighted by Crippen LogP contribution is -2.16. The number of thioether (sulfide) groups is 1. The van der Waals surface area contributed by atoms with Gasteiger partial charge in [0.1, 0.15) is 5.75 Å². The molecule has 0 bridgehead atoms. The molecule has 8 nitrogen and oxygen atoms in total. The van der Waals surface area contributed by atoms with Crippen molar-refractivity contribution in [3.05, 3.63) is 30.1 Å². The molecule has 150 valence electrons. The zero-order valence-electron chi connectivity index (χ0n) is 14.7. The summed E-state index contributed by atoms with van der Waals surface area (Å²) in [5.41, 5.74) is 0.575. The molecule has 0 amide bonds. The van der Waals surface area contributed by atoms with Crippen molar-refractivity contribution in [2.45, 2.75) is 42.8 Å². The number of benzene rings is 1. The maximum absolute atomic E-state index is 12.2. The minimum atomic E-state index is -4.71. The molecule has 3 rings (SSSR count). The Bertz CT molecular complexity index is 882. The summed E-state index contributed by atoms with van der Waals surface area (Å²) < 4.78 is 42.9. The van der Waals surface area contributed by atoms with Gasteiger partial charge >= 0.3 is 6.36 Å². The van der Waals surface area contributed by atoms with Crippen molar-refractivity contribution in [2.75, 3.05) is 5.32 Å². The topological polar surface area (TPSA) is 90.6 Å². The van der Waals surface area contributed by atoms with Gasteiger partial charge in [0.15, 0.2) is 10.2 Å². The van der Waals surface area contributed by atoms with Crippen LogP contribution >= 0.6 is 23.1 Å². The molecule has 0 aliphatic rings. The van der Waals surface area contributed by atoms with Crippen LogP contribution in [0.5, 0.6) is 5.75 Å². The molecule has 0 fully saturated rings. The zero-order valence-corrected chi connectivity index (χ0v) is 16.3. The fourth-order valence-electron chi connectivity index (χ4n) is 2.12. The van der Waals surface area contributed by atoms with Crippen LogP contribution in [-0.4, -0.2) is 36.8 Å². The Morgan fingerprint density at radius 3 is 2.68 bits per heavy atom. The van der Waals surface area contributed by atoms with Gasteiger partial charge < -0.3 is 10.1 Å². The average Bonchev–Trinajstić information content (AvgIpc) is 3.27. The monoisotopic (exact) mass is 431 g/mol. The molecule has 2 aromatic heterocycles. The van der Waals surface area contributed by atoms with Crippen LogP contribution in [0.3, 0.4) is 0 Å². The van der Waals surface area contributed by atoms with Gasteiger partial charge in [0, 0.05) is 12.2 Å². The van der Waals surface area contributed by atoms with Crippen molar-refractivity contribution in [3.8, 4) is 5.75 Å². The Labute approximate surface area is 166 Å². The first kappa shape index (κ1) is 20.3. The van der Waals surface area contributed by atoms with Crippen LogP contribution in [0.25, 0.3) is 0 Å². The van der Waals surface area contributed by atoms with Crippen molar-refractivity contribution in [2.24, 2.45) is 0 Å². The Morgan fingerprint density at radius 1 is 1.18 bits per heavy atom. The van der Waals surface area contributed by atoms with Crippen LogP contribution in [0.4, 0.5) is 24.0 Å². The first-order valence-electron chi connectivity index (χ1n) is 8.27. The summed E-state index contributed by atoms with van der Waals surface area (Å²) >= 11 is 2.79. The number of tetrazole rings is 1. The molecule has 2 heterocycles. The molecule has 0 saturated heterocycles. The summed E-state index contributed by atoms with van der Waals surface area (Å²) in [7, 11) is 0. The summed E-state index contributed by atoms with van der Waals surface area (Å²) in [6.07, 6.45) is -2.65.